The fourth-order valence-electron chi connectivity index (χ4n) is 2.37. The van der Waals surface area contributed by atoms with E-state index in [4.69, 9.17) is 5.11 Å². The van der Waals surface area contributed by atoms with Crippen LogP contribution in [-0.2, 0) is 11.2 Å². The number of nitrogens with zero attached hydrogens (tertiary/aromatic N) is 1. The number of aromatic hydroxyl groups is 1. The molecule has 19 heavy (non-hydrogen) atoms. The summed E-state index contributed by atoms with van der Waals surface area (Å²) in [7, 11) is 0. The molecule has 4 nitrogen and oxygen atoms in total. The molecule has 0 spiro atoms. The fraction of sp³-hybridized carbons (Fsp3) is 0.400. The summed E-state index contributed by atoms with van der Waals surface area (Å²) < 4.78 is 2.07. The Labute approximate surface area is 112 Å². The first-order valence-corrected chi connectivity index (χ1v) is 6.46. The van der Waals surface area contributed by atoms with E-state index >= 15 is 0 Å². The molecule has 0 saturated heterocycles. The Bertz CT molecular complexity index is 613. The largest absolute Gasteiger partial charge is 0.507 e. The van der Waals surface area contributed by atoms with Crippen LogP contribution in [0.25, 0.3) is 10.9 Å². The molecule has 0 aliphatic rings. The Morgan fingerprint density at radius 2 is 2.00 bits per heavy atom. The zero-order chi connectivity index (χ0) is 14.2. The smallest absolute Gasteiger partial charge is 0.306 e. The zero-order valence-corrected chi connectivity index (χ0v) is 11.4. The first-order chi connectivity index (χ1) is 8.91. The molecule has 1 aromatic carbocycles. The van der Waals surface area contributed by atoms with Crippen molar-refractivity contribution >= 4 is 16.9 Å². The van der Waals surface area contributed by atoms with Gasteiger partial charge in [-0.25, -0.2) is 0 Å². The second-order valence-electron chi connectivity index (χ2n) is 5.27. The summed E-state index contributed by atoms with van der Waals surface area (Å²) in [6, 6.07) is 5.66. The van der Waals surface area contributed by atoms with E-state index in [1.54, 1.807) is 19.1 Å². The first kappa shape index (κ1) is 13.5. The maximum atomic E-state index is 11.0. The van der Waals surface area contributed by atoms with Crippen molar-refractivity contribution in [1.82, 2.24) is 4.57 Å². The summed E-state index contributed by atoms with van der Waals surface area (Å²) in [6.45, 7) is 5.81. The quantitative estimate of drug-likeness (QED) is 0.888. The molecule has 0 bridgehead atoms. The van der Waals surface area contributed by atoms with Crippen molar-refractivity contribution in [3.8, 4) is 5.75 Å². The number of benzene rings is 1. The third-order valence-electron chi connectivity index (χ3n) is 3.42. The van der Waals surface area contributed by atoms with E-state index in [1.807, 2.05) is 12.3 Å². The number of rotatable bonds is 4. The minimum absolute atomic E-state index is 0.212. The van der Waals surface area contributed by atoms with Gasteiger partial charge in [-0.3, -0.25) is 4.79 Å². The number of carboxylic acid groups (broad SMARTS) is 1. The van der Waals surface area contributed by atoms with Crippen LogP contribution in [0.5, 0.6) is 5.75 Å². The van der Waals surface area contributed by atoms with Crippen LogP contribution >= 0.6 is 0 Å². The van der Waals surface area contributed by atoms with Gasteiger partial charge in [-0.2, -0.15) is 0 Å². The predicted molar refractivity (Wildman–Crippen MR) is 74.5 cm³/mol. The fourth-order valence-corrected chi connectivity index (χ4v) is 2.37. The molecule has 102 valence electrons. The topological polar surface area (TPSA) is 62.5 Å². The molecule has 0 radical (unpaired) electrons. The maximum Gasteiger partial charge on any atom is 0.306 e. The minimum atomic E-state index is -0.819. The Kier molecular flexibility index (Phi) is 3.51. The van der Waals surface area contributed by atoms with E-state index in [9.17, 15) is 9.90 Å². The van der Waals surface area contributed by atoms with Crippen LogP contribution in [0.4, 0.5) is 0 Å². The molecule has 1 unspecified atom stereocenters. The zero-order valence-electron chi connectivity index (χ0n) is 11.4. The van der Waals surface area contributed by atoms with Crippen molar-refractivity contribution in [2.45, 2.75) is 33.2 Å². The van der Waals surface area contributed by atoms with E-state index in [0.29, 0.717) is 6.42 Å². The SMILES string of the molecule is CC(Cc1cn(C(C)C)c2cccc(O)c12)C(=O)O. The molecule has 1 atom stereocenters. The number of carboxylic acids is 1. The highest BCUT2D eigenvalue weighted by atomic mass is 16.4. The molecule has 0 fully saturated rings. The van der Waals surface area contributed by atoms with Crippen molar-refractivity contribution in [2.75, 3.05) is 0 Å². The Morgan fingerprint density at radius 1 is 1.32 bits per heavy atom. The number of aliphatic carboxylic acids is 1. The van der Waals surface area contributed by atoms with Gasteiger partial charge < -0.3 is 14.8 Å². The highest BCUT2D eigenvalue weighted by Crippen LogP contribution is 2.33. The Hall–Kier alpha value is -1.97. The highest BCUT2D eigenvalue weighted by molar-refractivity contribution is 5.90. The Balaban J connectivity index is 2.57. The van der Waals surface area contributed by atoms with Crippen molar-refractivity contribution in [1.29, 1.82) is 0 Å². The molecule has 0 aliphatic heterocycles. The van der Waals surface area contributed by atoms with Crippen LogP contribution in [0.15, 0.2) is 24.4 Å². The molecular formula is C15H19NO3. The van der Waals surface area contributed by atoms with Crippen molar-refractivity contribution in [3.05, 3.63) is 30.0 Å². The third kappa shape index (κ3) is 2.43. The van der Waals surface area contributed by atoms with Gasteiger partial charge in [0, 0.05) is 17.6 Å². The normalized spacial score (nSPS) is 13.1. The Morgan fingerprint density at radius 3 is 2.58 bits per heavy atom. The lowest BCUT2D eigenvalue weighted by Gasteiger charge is -2.08. The average Bonchev–Trinajstić information content (AvgIpc) is 2.69. The van der Waals surface area contributed by atoms with Gasteiger partial charge >= 0.3 is 5.97 Å². The second kappa shape index (κ2) is 4.96. The monoisotopic (exact) mass is 261 g/mol. The summed E-state index contributed by atoms with van der Waals surface area (Å²) >= 11 is 0. The predicted octanol–water partition coefficient (Wildman–Crippen LogP) is 3.19. The van der Waals surface area contributed by atoms with Crippen LogP contribution in [0.2, 0.25) is 0 Å². The van der Waals surface area contributed by atoms with E-state index in [0.717, 1.165) is 16.5 Å². The lowest BCUT2D eigenvalue weighted by atomic mass is 10.0. The van der Waals surface area contributed by atoms with Gasteiger partial charge in [0.15, 0.2) is 0 Å². The van der Waals surface area contributed by atoms with Crippen LogP contribution < -0.4 is 0 Å². The van der Waals surface area contributed by atoms with E-state index in [2.05, 4.69) is 18.4 Å². The number of hydrogen-bond acceptors (Lipinski definition) is 2. The molecule has 1 heterocycles. The molecule has 2 aromatic rings. The average molecular weight is 261 g/mol. The molecule has 0 saturated carbocycles. The van der Waals surface area contributed by atoms with Gasteiger partial charge in [0.25, 0.3) is 0 Å². The third-order valence-corrected chi connectivity index (χ3v) is 3.42. The molecular weight excluding hydrogens is 242 g/mol. The summed E-state index contributed by atoms with van der Waals surface area (Å²) in [5.41, 5.74) is 1.83. The number of fused-ring (bicyclic) bond motifs is 1. The van der Waals surface area contributed by atoms with Gasteiger partial charge in [0.2, 0.25) is 0 Å². The van der Waals surface area contributed by atoms with Crippen molar-refractivity contribution in [2.24, 2.45) is 5.92 Å². The number of phenolic OH excluding ortho intramolecular Hbond substituents is 1. The number of carbonyl (C=O) groups is 1. The lowest BCUT2D eigenvalue weighted by Crippen LogP contribution is -2.12. The molecule has 2 N–H and O–H groups in total. The number of hydrogen-bond donors (Lipinski definition) is 2. The minimum Gasteiger partial charge on any atom is -0.507 e. The summed E-state index contributed by atoms with van der Waals surface area (Å²) in [6.07, 6.45) is 2.37. The van der Waals surface area contributed by atoms with Gasteiger partial charge in [0.1, 0.15) is 5.75 Å². The van der Waals surface area contributed by atoms with Crippen LogP contribution in [-0.4, -0.2) is 20.7 Å². The van der Waals surface area contributed by atoms with Crippen LogP contribution in [0, 0.1) is 5.92 Å². The van der Waals surface area contributed by atoms with E-state index in [1.165, 1.54) is 0 Å². The van der Waals surface area contributed by atoms with Gasteiger partial charge in [-0.05, 0) is 38.0 Å². The first-order valence-electron chi connectivity index (χ1n) is 6.46. The molecule has 1 aromatic heterocycles. The van der Waals surface area contributed by atoms with Gasteiger partial charge in [-0.1, -0.05) is 13.0 Å². The van der Waals surface area contributed by atoms with Crippen LogP contribution in [0.1, 0.15) is 32.4 Å². The summed E-state index contributed by atoms with van der Waals surface area (Å²) in [4.78, 5) is 11.0. The molecule has 4 heteroatoms. The van der Waals surface area contributed by atoms with Crippen molar-refractivity contribution < 1.29 is 15.0 Å². The number of phenols is 1. The van der Waals surface area contributed by atoms with E-state index < -0.39 is 11.9 Å². The second-order valence-corrected chi connectivity index (χ2v) is 5.27. The van der Waals surface area contributed by atoms with Crippen molar-refractivity contribution in [3.63, 3.8) is 0 Å². The van der Waals surface area contributed by atoms with E-state index in [-0.39, 0.29) is 11.8 Å². The summed E-state index contributed by atoms with van der Waals surface area (Å²) in [5.74, 6) is -1.07. The highest BCUT2D eigenvalue weighted by Gasteiger charge is 2.18. The molecule has 2 rings (SSSR count). The van der Waals surface area contributed by atoms with Gasteiger partial charge in [-0.15, -0.1) is 0 Å². The standard InChI is InChI=1S/C15H19NO3/c1-9(2)16-8-11(7-10(3)15(18)19)14-12(16)5-4-6-13(14)17/h4-6,8-10,17H,7H2,1-3H3,(H,18,19). The maximum absolute atomic E-state index is 11.0. The lowest BCUT2D eigenvalue weighted by molar-refractivity contribution is -0.141. The molecule has 0 amide bonds. The summed E-state index contributed by atoms with van der Waals surface area (Å²) in [5, 5.41) is 19.8. The number of aromatic nitrogens is 1. The van der Waals surface area contributed by atoms with Crippen LogP contribution in [0.3, 0.4) is 0 Å². The van der Waals surface area contributed by atoms with Gasteiger partial charge in [0.05, 0.1) is 11.4 Å². The molecule has 0 aliphatic carbocycles.